The SMILES string of the molecule is COC(=O)CC(C)NC(=O)/C=C/c1cccc([N+](=O)[O-])c1. The molecule has 1 unspecified atom stereocenters. The molecule has 1 rings (SSSR count). The molecule has 1 aromatic rings. The number of hydrogen-bond donors (Lipinski definition) is 1. The molecule has 1 amide bonds. The fourth-order valence-corrected chi connectivity index (χ4v) is 1.59. The van der Waals surface area contributed by atoms with Gasteiger partial charge in [0.15, 0.2) is 0 Å². The van der Waals surface area contributed by atoms with Crippen molar-refractivity contribution in [3.8, 4) is 0 Å². The van der Waals surface area contributed by atoms with Gasteiger partial charge in [0, 0.05) is 24.3 Å². The van der Waals surface area contributed by atoms with Crippen molar-refractivity contribution in [3.63, 3.8) is 0 Å². The van der Waals surface area contributed by atoms with Crippen molar-refractivity contribution in [2.45, 2.75) is 19.4 Å². The zero-order valence-electron chi connectivity index (χ0n) is 11.7. The molecule has 0 aliphatic heterocycles. The smallest absolute Gasteiger partial charge is 0.307 e. The second kappa shape index (κ2) is 7.78. The van der Waals surface area contributed by atoms with Crippen LogP contribution in [0.3, 0.4) is 0 Å². The van der Waals surface area contributed by atoms with E-state index in [1.165, 1.54) is 37.5 Å². The Balaban J connectivity index is 2.60. The van der Waals surface area contributed by atoms with E-state index in [1.807, 2.05) is 0 Å². The summed E-state index contributed by atoms with van der Waals surface area (Å²) in [6.45, 7) is 1.68. The molecule has 0 aliphatic carbocycles. The van der Waals surface area contributed by atoms with Crippen LogP contribution in [0.4, 0.5) is 5.69 Å². The van der Waals surface area contributed by atoms with Crippen molar-refractivity contribution in [1.29, 1.82) is 0 Å². The van der Waals surface area contributed by atoms with Crippen molar-refractivity contribution in [1.82, 2.24) is 5.32 Å². The Kier molecular flexibility index (Phi) is 6.06. The number of non-ortho nitro benzene ring substituents is 1. The minimum Gasteiger partial charge on any atom is -0.469 e. The second-order valence-corrected chi connectivity index (χ2v) is 4.38. The molecule has 0 heterocycles. The first-order chi connectivity index (χ1) is 9.92. The maximum Gasteiger partial charge on any atom is 0.307 e. The lowest BCUT2D eigenvalue weighted by atomic mass is 10.2. The fraction of sp³-hybridized carbons (Fsp3) is 0.286. The zero-order chi connectivity index (χ0) is 15.8. The first-order valence-electron chi connectivity index (χ1n) is 6.22. The number of nitrogens with one attached hydrogen (secondary N) is 1. The minimum absolute atomic E-state index is 0.0448. The van der Waals surface area contributed by atoms with E-state index in [0.29, 0.717) is 5.56 Å². The normalized spacial score (nSPS) is 11.9. The number of amides is 1. The van der Waals surface area contributed by atoms with E-state index in [9.17, 15) is 19.7 Å². The molecule has 0 aliphatic rings. The molecule has 0 saturated heterocycles. The van der Waals surface area contributed by atoms with Gasteiger partial charge in [-0.3, -0.25) is 19.7 Å². The number of methoxy groups -OCH3 is 1. The van der Waals surface area contributed by atoms with Crippen LogP contribution in [-0.2, 0) is 14.3 Å². The van der Waals surface area contributed by atoms with Gasteiger partial charge in [-0.25, -0.2) is 0 Å². The summed E-state index contributed by atoms with van der Waals surface area (Å²) in [5.74, 6) is -0.802. The molecule has 0 spiro atoms. The lowest BCUT2D eigenvalue weighted by Gasteiger charge is -2.10. The van der Waals surface area contributed by atoms with Gasteiger partial charge in [0.1, 0.15) is 0 Å². The number of esters is 1. The number of hydrogen-bond acceptors (Lipinski definition) is 5. The third-order valence-electron chi connectivity index (χ3n) is 2.60. The van der Waals surface area contributed by atoms with E-state index < -0.39 is 16.8 Å². The molecular formula is C14H16N2O5. The van der Waals surface area contributed by atoms with E-state index in [4.69, 9.17) is 0 Å². The average Bonchev–Trinajstić information content (AvgIpc) is 2.45. The highest BCUT2D eigenvalue weighted by molar-refractivity contribution is 5.92. The average molecular weight is 292 g/mol. The highest BCUT2D eigenvalue weighted by Gasteiger charge is 2.10. The molecule has 7 heteroatoms. The molecule has 0 radical (unpaired) electrons. The van der Waals surface area contributed by atoms with Crippen molar-refractivity contribution >= 4 is 23.6 Å². The number of carbonyl (C=O) groups excluding carboxylic acids is 2. The third-order valence-corrected chi connectivity index (χ3v) is 2.60. The predicted octanol–water partition coefficient (Wildman–Crippen LogP) is 1.68. The summed E-state index contributed by atoms with van der Waals surface area (Å²) in [6.07, 6.45) is 2.80. The van der Waals surface area contributed by atoms with E-state index in [1.54, 1.807) is 13.0 Å². The van der Waals surface area contributed by atoms with Crippen LogP contribution in [0.5, 0.6) is 0 Å². The Morgan fingerprint density at radius 1 is 1.48 bits per heavy atom. The Bertz CT molecular complexity index is 568. The van der Waals surface area contributed by atoms with Crippen molar-refractivity contribution < 1.29 is 19.2 Å². The standard InChI is InChI=1S/C14H16N2O5/c1-10(8-14(18)21-2)15-13(17)7-6-11-4-3-5-12(9-11)16(19)20/h3-7,9-10H,8H2,1-2H3,(H,15,17)/b7-6+. The maximum atomic E-state index is 11.6. The largest absolute Gasteiger partial charge is 0.469 e. The molecule has 21 heavy (non-hydrogen) atoms. The number of rotatable bonds is 6. The molecule has 112 valence electrons. The Morgan fingerprint density at radius 2 is 2.19 bits per heavy atom. The van der Waals surface area contributed by atoms with E-state index >= 15 is 0 Å². The number of nitrogens with zero attached hydrogens (tertiary/aromatic N) is 1. The first-order valence-corrected chi connectivity index (χ1v) is 6.22. The van der Waals surface area contributed by atoms with Gasteiger partial charge in [0.2, 0.25) is 5.91 Å². The minimum atomic E-state index is -0.504. The molecular weight excluding hydrogens is 276 g/mol. The summed E-state index contributed by atoms with van der Waals surface area (Å²) in [7, 11) is 1.28. The monoisotopic (exact) mass is 292 g/mol. The second-order valence-electron chi connectivity index (χ2n) is 4.38. The molecule has 1 aromatic carbocycles. The van der Waals surface area contributed by atoms with Gasteiger partial charge in [0.05, 0.1) is 18.5 Å². The highest BCUT2D eigenvalue weighted by atomic mass is 16.6. The lowest BCUT2D eigenvalue weighted by Crippen LogP contribution is -2.33. The van der Waals surface area contributed by atoms with Crippen LogP contribution in [0.1, 0.15) is 18.9 Å². The molecule has 1 atom stereocenters. The first kappa shape index (κ1) is 16.4. The van der Waals surface area contributed by atoms with Crippen LogP contribution in [0.2, 0.25) is 0 Å². The van der Waals surface area contributed by atoms with Crippen LogP contribution in [0.25, 0.3) is 6.08 Å². The molecule has 0 bridgehead atoms. The number of nitro benzene ring substituents is 1. The topological polar surface area (TPSA) is 98.5 Å². The number of carbonyl (C=O) groups is 2. The predicted molar refractivity (Wildman–Crippen MR) is 76.4 cm³/mol. The number of benzene rings is 1. The van der Waals surface area contributed by atoms with Crippen molar-refractivity contribution in [2.75, 3.05) is 7.11 Å². The van der Waals surface area contributed by atoms with Crippen LogP contribution in [0.15, 0.2) is 30.3 Å². The quantitative estimate of drug-likeness (QED) is 0.372. The summed E-state index contributed by atoms with van der Waals surface area (Å²) < 4.78 is 4.50. The van der Waals surface area contributed by atoms with Crippen molar-refractivity contribution in [3.05, 3.63) is 46.0 Å². The number of ether oxygens (including phenoxy) is 1. The highest BCUT2D eigenvalue weighted by Crippen LogP contribution is 2.13. The van der Waals surface area contributed by atoms with Crippen molar-refractivity contribution in [2.24, 2.45) is 0 Å². The van der Waals surface area contributed by atoms with E-state index in [2.05, 4.69) is 10.1 Å². The Hall–Kier alpha value is -2.70. The Morgan fingerprint density at radius 3 is 2.81 bits per heavy atom. The summed E-state index contributed by atoms with van der Waals surface area (Å²) in [5.41, 5.74) is 0.497. The van der Waals surface area contributed by atoms with E-state index in [-0.39, 0.29) is 18.2 Å². The van der Waals surface area contributed by atoms with Crippen LogP contribution in [-0.4, -0.2) is 30.0 Å². The Labute approximate surface area is 121 Å². The van der Waals surface area contributed by atoms with Gasteiger partial charge >= 0.3 is 5.97 Å². The maximum absolute atomic E-state index is 11.6. The van der Waals surface area contributed by atoms with Gasteiger partial charge in [-0.2, -0.15) is 0 Å². The van der Waals surface area contributed by atoms with Crippen LogP contribution < -0.4 is 5.32 Å². The number of nitro groups is 1. The van der Waals surface area contributed by atoms with Crippen LogP contribution in [0, 0.1) is 10.1 Å². The molecule has 0 saturated carbocycles. The van der Waals surface area contributed by atoms with Crippen LogP contribution >= 0.6 is 0 Å². The fourth-order valence-electron chi connectivity index (χ4n) is 1.59. The molecule has 1 N–H and O–H groups in total. The van der Waals surface area contributed by atoms with Gasteiger partial charge in [-0.15, -0.1) is 0 Å². The summed E-state index contributed by atoms with van der Waals surface area (Å²) in [6, 6.07) is 5.56. The summed E-state index contributed by atoms with van der Waals surface area (Å²) >= 11 is 0. The summed E-state index contributed by atoms with van der Waals surface area (Å²) in [4.78, 5) is 32.8. The summed E-state index contributed by atoms with van der Waals surface area (Å²) in [5, 5.41) is 13.2. The zero-order valence-corrected chi connectivity index (χ0v) is 11.7. The molecule has 0 aromatic heterocycles. The van der Waals surface area contributed by atoms with Gasteiger partial charge in [-0.1, -0.05) is 12.1 Å². The molecule has 7 nitrogen and oxygen atoms in total. The third kappa shape index (κ3) is 5.85. The van der Waals surface area contributed by atoms with Gasteiger partial charge in [-0.05, 0) is 18.6 Å². The lowest BCUT2D eigenvalue weighted by molar-refractivity contribution is -0.384. The van der Waals surface area contributed by atoms with Gasteiger partial charge < -0.3 is 10.1 Å². The van der Waals surface area contributed by atoms with E-state index in [0.717, 1.165) is 0 Å². The van der Waals surface area contributed by atoms with Gasteiger partial charge in [0.25, 0.3) is 5.69 Å². The molecule has 0 fully saturated rings.